The second-order valence-corrected chi connectivity index (χ2v) is 4.75. The van der Waals surface area contributed by atoms with Crippen molar-refractivity contribution in [2.45, 2.75) is 6.54 Å². The van der Waals surface area contributed by atoms with Gasteiger partial charge in [0.15, 0.2) is 24.5 Å². The Morgan fingerprint density at radius 1 is 0.870 bits per heavy atom. The summed E-state index contributed by atoms with van der Waals surface area (Å²) in [6.45, 7) is 0.338. The van der Waals surface area contributed by atoms with Gasteiger partial charge in [-0.1, -0.05) is 36.4 Å². The molecule has 0 aliphatic rings. The normalized spacial score (nSPS) is 9.83. The number of carbonyl (C=O) groups excluding carboxylic acids is 2. The lowest BCUT2D eigenvalue weighted by atomic mass is 9.99. The highest BCUT2D eigenvalue weighted by molar-refractivity contribution is 6.19. The molecule has 5 heteroatoms. The summed E-state index contributed by atoms with van der Waals surface area (Å²) in [5.41, 5.74) is 1.20. The Labute approximate surface area is 134 Å². The first-order valence-electron chi connectivity index (χ1n) is 7.06. The van der Waals surface area contributed by atoms with E-state index in [2.05, 4.69) is 0 Å². The quantitative estimate of drug-likeness (QED) is 0.278. The minimum Gasteiger partial charge on any atom is -0.465 e. The molecule has 1 aromatic carbocycles. The van der Waals surface area contributed by atoms with Crippen molar-refractivity contribution in [3.63, 3.8) is 0 Å². The Morgan fingerprint density at radius 3 is 1.91 bits per heavy atom. The molecule has 0 saturated heterocycles. The SMILES string of the molecule is COC(=O)C(C(=O)OC)=C(C[n+]1ccccc1)c1ccccc1. The van der Waals surface area contributed by atoms with Gasteiger partial charge in [-0.25, -0.2) is 14.2 Å². The van der Waals surface area contributed by atoms with Gasteiger partial charge in [0.2, 0.25) is 0 Å². The van der Waals surface area contributed by atoms with Crippen molar-refractivity contribution in [3.05, 3.63) is 72.1 Å². The maximum atomic E-state index is 12.1. The number of ether oxygens (including phenoxy) is 2. The van der Waals surface area contributed by atoms with Crippen LogP contribution in [0.4, 0.5) is 0 Å². The van der Waals surface area contributed by atoms with Crippen molar-refractivity contribution in [1.82, 2.24) is 0 Å². The average Bonchev–Trinajstić information content (AvgIpc) is 2.62. The number of rotatable bonds is 5. The number of pyridine rings is 1. The van der Waals surface area contributed by atoms with Crippen molar-refractivity contribution in [3.8, 4) is 0 Å². The van der Waals surface area contributed by atoms with Gasteiger partial charge in [-0.05, 0) is 5.56 Å². The van der Waals surface area contributed by atoms with E-state index in [-0.39, 0.29) is 5.57 Å². The zero-order valence-electron chi connectivity index (χ0n) is 13.1. The molecule has 0 unspecified atom stereocenters. The first-order chi connectivity index (χ1) is 11.2. The molecule has 2 aromatic rings. The Balaban J connectivity index is 2.60. The second-order valence-electron chi connectivity index (χ2n) is 4.75. The van der Waals surface area contributed by atoms with Crippen molar-refractivity contribution < 1.29 is 23.6 Å². The van der Waals surface area contributed by atoms with E-state index in [1.807, 2.05) is 65.5 Å². The van der Waals surface area contributed by atoms with Gasteiger partial charge in [-0.2, -0.15) is 0 Å². The lowest BCUT2D eigenvalue weighted by Crippen LogP contribution is -2.34. The maximum absolute atomic E-state index is 12.1. The first kappa shape index (κ1) is 16.4. The molecule has 0 radical (unpaired) electrons. The van der Waals surface area contributed by atoms with Crippen LogP contribution in [-0.4, -0.2) is 26.2 Å². The molecule has 118 valence electrons. The van der Waals surface area contributed by atoms with Crippen molar-refractivity contribution in [1.29, 1.82) is 0 Å². The molecule has 0 atom stereocenters. The zero-order valence-corrected chi connectivity index (χ0v) is 13.1. The predicted octanol–water partition coefficient (Wildman–Crippen LogP) is 1.77. The summed E-state index contributed by atoms with van der Waals surface area (Å²) in [5.74, 6) is -1.43. The van der Waals surface area contributed by atoms with Crippen LogP contribution in [0.1, 0.15) is 5.56 Å². The van der Waals surface area contributed by atoms with Crippen LogP contribution < -0.4 is 4.57 Å². The van der Waals surface area contributed by atoms with E-state index in [9.17, 15) is 9.59 Å². The van der Waals surface area contributed by atoms with Gasteiger partial charge in [-0.15, -0.1) is 0 Å². The van der Waals surface area contributed by atoms with Crippen LogP contribution in [0.15, 0.2) is 66.5 Å². The molecule has 1 aromatic heterocycles. The first-order valence-corrected chi connectivity index (χ1v) is 7.06. The van der Waals surface area contributed by atoms with Gasteiger partial charge in [0.1, 0.15) is 0 Å². The predicted molar refractivity (Wildman–Crippen MR) is 84.0 cm³/mol. The Kier molecular flexibility index (Phi) is 5.63. The topological polar surface area (TPSA) is 56.5 Å². The summed E-state index contributed by atoms with van der Waals surface area (Å²) in [7, 11) is 2.48. The summed E-state index contributed by atoms with van der Waals surface area (Å²) >= 11 is 0. The maximum Gasteiger partial charge on any atom is 0.345 e. The molecule has 0 aliphatic carbocycles. The van der Waals surface area contributed by atoms with E-state index in [1.165, 1.54) is 14.2 Å². The van der Waals surface area contributed by atoms with E-state index in [1.54, 1.807) is 0 Å². The smallest absolute Gasteiger partial charge is 0.345 e. The molecular formula is C18H18NO4+. The van der Waals surface area contributed by atoms with E-state index in [4.69, 9.17) is 9.47 Å². The highest BCUT2D eigenvalue weighted by atomic mass is 16.5. The van der Waals surface area contributed by atoms with E-state index < -0.39 is 11.9 Å². The third-order valence-electron chi connectivity index (χ3n) is 3.32. The standard InChI is InChI=1S/C18H18NO4/c1-22-17(20)16(18(21)23-2)15(14-9-5-3-6-10-14)13-19-11-7-4-8-12-19/h3-12H,13H2,1-2H3/q+1. The Morgan fingerprint density at radius 2 is 1.39 bits per heavy atom. The lowest BCUT2D eigenvalue weighted by Gasteiger charge is -2.11. The summed E-state index contributed by atoms with van der Waals surface area (Å²) in [6, 6.07) is 14.9. The second kappa shape index (κ2) is 7.89. The monoisotopic (exact) mass is 312 g/mol. The molecule has 0 amide bonds. The molecule has 0 spiro atoms. The van der Waals surface area contributed by atoms with Crippen molar-refractivity contribution in [2.75, 3.05) is 14.2 Å². The molecule has 0 saturated carbocycles. The molecule has 0 aliphatic heterocycles. The summed E-state index contributed by atoms with van der Waals surface area (Å²) in [4.78, 5) is 24.3. The minimum atomic E-state index is -0.716. The number of aromatic nitrogens is 1. The summed E-state index contributed by atoms with van der Waals surface area (Å²) < 4.78 is 11.4. The van der Waals surface area contributed by atoms with Gasteiger partial charge < -0.3 is 9.47 Å². The van der Waals surface area contributed by atoms with E-state index >= 15 is 0 Å². The number of esters is 2. The third-order valence-corrected chi connectivity index (χ3v) is 3.32. The largest absolute Gasteiger partial charge is 0.465 e. The lowest BCUT2D eigenvalue weighted by molar-refractivity contribution is -0.684. The molecule has 23 heavy (non-hydrogen) atoms. The molecular weight excluding hydrogens is 294 g/mol. The van der Waals surface area contributed by atoms with Crippen LogP contribution in [-0.2, 0) is 25.6 Å². The van der Waals surface area contributed by atoms with Crippen LogP contribution in [0.25, 0.3) is 5.57 Å². The third kappa shape index (κ3) is 4.03. The van der Waals surface area contributed by atoms with Gasteiger partial charge >= 0.3 is 11.9 Å². The fraction of sp³-hybridized carbons (Fsp3) is 0.167. The zero-order chi connectivity index (χ0) is 16.7. The van der Waals surface area contributed by atoms with E-state index in [0.717, 1.165) is 5.56 Å². The summed E-state index contributed by atoms with van der Waals surface area (Å²) in [5, 5.41) is 0. The molecule has 0 N–H and O–H groups in total. The Bertz CT molecular complexity index is 690. The van der Waals surface area contributed by atoms with Gasteiger partial charge in [-0.3, -0.25) is 0 Å². The molecule has 1 heterocycles. The number of nitrogens with zero attached hydrogens (tertiary/aromatic N) is 1. The van der Waals surface area contributed by atoms with Crippen LogP contribution in [0.3, 0.4) is 0 Å². The summed E-state index contributed by atoms with van der Waals surface area (Å²) in [6.07, 6.45) is 3.71. The Hall–Kier alpha value is -2.95. The van der Waals surface area contributed by atoms with Crippen LogP contribution in [0.2, 0.25) is 0 Å². The van der Waals surface area contributed by atoms with Crippen LogP contribution >= 0.6 is 0 Å². The number of hydrogen-bond acceptors (Lipinski definition) is 4. The van der Waals surface area contributed by atoms with Gasteiger partial charge in [0.25, 0.3) is 0 Å². The number of methoxy groups -OCH3 is 2. The molecule has 0 bridgehead atoms. The molecule has 5 nitrogen and oxygen atoms in total. The highest BCUT2D eigenvalue weighted by Gasteiger charge is 2.27. The fourth-order valence-corrected chi connectivity index (χ4v) is 2.21. The molecule has 0 fully saturated rings. The minimum absolute atomic E-state index is 0.0995. The van der Waals surface area contributed by atoms with Crippen LogP contribution in [0.5, 0.6) is 0 Å². The average molecular weight is 312 g/mol. The van der Waals surface area contributed by atoms with E-state index in [0.29, 0.717) is 12.1 Å². The van der Waals surface area contributed by atoms with Crippen molar-refractivity contribution in [2.24, 2.45) is 0 Å². The number of hydrogen-bond donors (Lipinski definition) is 0. The van der Waals surface area contributed by atoms with Gasteiger partial charge in [0, 0.05) is 17.7 Å². The fourth-order valence-electron chi connectivity index (χ4n) is 2.21. The van der Waals surface area contributed by atoms with Crippen LogP contribution in [0, 0.1) is 0 Å². The number of benzene rings is 1. The number of allylic oxidation sites excluding steroid dienone is 1. The highest BCUT2D eigenvalue weighted by Crippen LogP contribution is 2.21. The molecule has 2 rings (SSSR count). The van der Waals surface area contributed by atoms with Crippen molar-refractivity contribution >= 4 is 17.5 Å². The number of carbonyl (C=O) groups is 2. The van der Waals surface area contributed by atoms with Gasteiger partial charge in [0.05, 0.1) is 14.2 Å².